The molecule has 0 aliphatic rings. The van der Waals surface area contributed by atoms with Crippen molar-refractivity contribution in [2.24, 2.45) is 0 Å². The van der Waals surface area contributed by atoms with Crippen molar-refractivity contribution in [3.8, 4) is 11.1 Å². The van der Waals surface area contributed by atoms with E-state index in [1.165, 1.54) is 11.1 Å². The fraction of sp³-hybridized carbons (Fsp3) is 0.222. The third-order valence-electron chi connectivity index (χ3n) is 3.60. The summed E-state index contributed by atoms with van der Waals surface area (Å²) in [6.07, 6.45) is 1.84. The molecule has 0 fully saturated rings. The summed E-state index contributed by atoms with van der Waals surface area (Å²) in [5.74, 6) is 0. The van der Waals surface area contributed by atoms with E-state index in [2.05, 4.69) is 67.0 Å². The highest BCUT2D eigenvalue weighted by molar-refractivity contribution is 9.10. The van der Waals surface area contributed by atoms with E-state index in [1.54, 1.807) is 0 Å². The van der Waals surface area contributed by atoms with Crippen LogP contribution in [0.1, 0.15) is 26.3 Å². The topological polar surface area (TPSA) is 13.1 Å². The van der Waals surface area contributed by atoms with Gasteiger partial charge in [0.15, 0.2) is 0 Å². The van der Waals surface area contributed by atoms with E-state index in [1.807, 2.05) is 18.4 Å². The number of halogens is 1. The number of benzene rings is 2. The third kappa shape index (κ3) is 2.40. The number of hydrogen-bond donors (Lipinski definition) is 0. The van der Waals surface area contributed by atoms with Crippen LogP contribution in [0.25, 0.3) is 22.1 Å². The van der Waals surface area contributed by atoms with Gasteiger partial charge in [0.05, 0.1) is 6.26 Å². The number of fused-ring (bicyclic) bond motifs is 1. The van der Waals surface area contributed by atoms with E-state index in [4.69, 9.17) is 4.42 Å². The Morgan fingerprint density at radius 3 is 2.30 bits per heavy atom. The molecule has 2 heteroatoms. The summed E-state index contributed by atoms with van der Waals surface area (Å²) in [5.41, 5.74) is 4.77. The van der Waals surface area contributed by atoms with Crippen LogP contribution in [-0.4, -0.2) is 0 Å². The molecule has 0 bridgehead atoms. The van der Waals surface area contributed by atoms with Gasteiger partial charge in [-0.3, -0.25) is 0 Å². The summed E-state index contributed by atoms with van der Waals surface area (Å²) in [6.45, 7) is 6.69. The van der Waals surface area contributed by atoms with E-state index < -0.39 is 0 Å². The maximum Gasteiger partial charge on any atom is 0.134 e. The first kappa shape index (κ1) is 13.4. The van der Waals surface area contributed by atoms with E-state index in [0.717, 1.165) is 21.0 Å². The molecule has 0 atom stereocenters. The highest BCUT2D eigenvalue weighted by Gasteiger charge is 2.14. The highest BCUT2D eigenvalue weighted by Crippen LogP contribution is 2.33. The monoisotopic (exact) mass is 328 g/mol. The Kier molecular flexibility index (Phi) is 3.21. The molecule has 0 aliphatic heterocycles. The van der Waals surface area contributed by atoms with Crippen LogP contribution in [0.3, 0.4) is 0 Å². The van der Waals surface area contributed by atoms with E-state index >= 15 is 0 Å². The van der Waals surface area contributed by atoms with Gasteiger partial charge in [-0.2, -0.15) is 0 Å². The van der Waals surface area contributed by atoms with Crippen LogP contribution in [0, 0.1) is 0 Å². The van der Waals surface area contributed by atoms with Gasteiger partial charge in [0.25, 0.3) is 0 Å². The minimum absolute atomic E-state index is 0.181. The standard InChI is InChI=1S/C18H17BrO/c1-18(2,3)13-6-4-12(5-7-13)16-11-20-17-9-8-14(19)10-15(16)17/h4-11H,1-3H3. The second-order valence-corrected chi connectivity index (χ2v) is 7.03. The van der Waals surface area contributed by atoms with Crippen LogP contribution in [0.2, 0.25) is 0 Å². The van der Waals surface area contributed by atoms with Crippen molar-refractivity contribution in [3.05, 3.63) is 58.8 Å². The van der Waals surface area contributed by atoms with Crippen molar-refractivity contribution < 1.29 is 4.42 Å². The first-order chi connectivity index (χ1) is 9.45. The van der Waals surface area contributed by atoms with Gasteiger partial charge in [0.1, 0.15) is 5.58 Å². The van der Waals surface area contributed by atoms with Crippen molar-refractivity contribution in [2.45, 2.75) is 26.2 Å². The maximum atomic E-state index is 5.64. The molecule has 0 radical (unpaired) electrons. The van der Waals surface area contributed by atoms with Crippen molar-refractivity contribution >= 4 is 26.9 Å². The Labute approximate surface area is 127 Å². The average molecular weight is 329 g/mol. The molecule has 0 unspecified atom stereocenters. The minimum Gasteiger partial charge on any atom is -0.464 e. The second-order valence-electron chi connectivity index (χ2n) is 6.12. The molecule has 0 saturated carbocycles. The van der Waals surface area contributed by atoms with Gasteiger partial charge in [-0.25, -0.2) is 0 Å². The van der Waals surface area contributed by atoms with E-state index in [0.29, 0.717) is 0 Å². The van der Waals surface area contributed by atoms with E-state index in [9.17, 15) is 0 Å². The Hall–Kier alpha value is -1.54. The van der Waals surface area contributed by atoms with Crippen LogP contribution in [0.4, 0.5) is 0 Å². The van der Waals surface area contributed by atoms with Crippen molar-refractivity contribution in [3.63, 3.8) is 0 Å². The van der Waals surface area contributed by atoms with Gasteiger partial charge >= 0.3 is 0 Å². The smallest absolute Gasteiger partial charge is 0.134 e. The quantitative estimate of drug-likeness (QED) is 0.521. The molecule has 0 spiro atoms. The molecular formula is C18H17BrO. The van der Waals surface area contributed by atoms with Gasteiger partial charge < -0.3 is 4.42 Å². The predicted molar refractivity (Wildman–Crippen MR) is 88.1 cm³/mol. The molecule has 2 aromatic carbocycles. The first-order valence-corrected chi connectivity index (χ1v) is 7.52. The Morgan fingerprint density at radius 2 is 1.65 bits per heavy atom. The fourth-order valence-electron chi connectivity index (χ4n) is 2.37. The molecule has 1 nitrogen and oxygen atoms in total. The number of hydrogen-bond acceptors (Lipinski definition) is 1. The number of rotatable bonds is 1. The zero-order valence-electron chi connectivity index (χ0n) is 11.9. The molecule has 20 heavy (non-hydrogen) atoms. The minimum atomic E-state index is 0.181. The second kappa shape index (κ2) is 4.78. The lowest BCUT2D eigenvalue weighted by Crippen LogP contribution is -2.10. The van der Waals surface area contributed by atoms with Gasteiger partial charge in [0, 0.05) is 15.4 Å². The van der Waals surface area contributed by atoms with Crippen LogP contribution in [0.5, 0.6) is 0 Å². The summed E-state index contributed by atoms with van der Waals surface area (Å²) >= 11 is 3.52. The van der Waals surface area contributed by atoms with E-state index in [-0.39, 0.29) is 5.41 Å². The normalized spacial score (nSPS) is 12.0. The molecule has 0 N–H and O–H groups in total. The molecule has 0 aliphatic carbocycles. The first-order valence-electron chi connectivity index (χ1n) is 6.73. The van der Waals surface area contributed by atoms with Crippen LogP contribution in [-0.2, 0) is 5.41 Å². The zero-order chi connectivity index (χ0) is 14.3. The molecule has 1 heterocycles. The van der Waals surface area contributed by atoms with Crippen LogP contribution in [0.15, 0.2) is 57.6 Å². The number of furan rings is 1. The Morgan fingerprint density at radius 1 is 0.950 bits per heavy atom. The van der Waals surface area contributed by atoms with Gasteiger partial charge in [-0.15, -0.1) is 0 Å². The summed E-state index contributed by atoms with van der Waals surface area (Å²) in [5, 5.41) is 1.14. The third-order valence-corrected chi connectivity index (χ3v) is 4.09. The van der Waals surface area contributed by atoms with Crippen molar-refractivity contribution in [1.82, 2.24) is 0 Å². The molecule has 0 amide bonds. The Bertz CT molecular complexity index is 745. The molecule has 3 aromatic rings. The zero-order valence-corrected chi connectivity index (χ0v) is 13.5. The maximum absolute atomic E-state index is 5.64. The van der Waals surface area contributed by atoms with Gasteiger partial charge in [-0.05, 0) is 34.7 Å². The van der Waals surface area contributed by atoms with Gasteiger partial charge in [-0.1, -0.05) is 61.0 Å². The lowest BCUT2D eigenvalue weighted by Gasteiger charge is -2.19. The van der Waals surface area contributed by atoms with Crippen LogP contribution < -0.4 is 0 Å². The largest absolute Gasteiger partial charge is 0.464 e. The van der Waals surface area contributed by atoms with Crippen molar-refractivity contribution in [2.75, 3.05) is 0 Å². The fourth-order valence-corrected chi connectivity index (χ4v) is 2.74. The summed E-state index contributed by atoms with van der Waals surface area (Å²) < 4.78 is 6.70. The summed E-state index contributed by atoms with van der Waals surface area (Å²) in [7, 11) is 0. The summed E-state index contributed by atoms with van der Waals surface area (Å²) in [4.78, 5) is 0. The van der Waals surface area contributed by atoms with Crippen molar-refractivity contribution in [1.29, 1.82) is 0 Å². The predicted octanol–water partition coefficient (Wildman–Crippen LogP) is 6.16. The molecular weight excluding hydrogens is 312 g/mol. The van der Waals surface area contributed by atoms with Gasteiger partial charge in [0.2, 0.25) is 0 Å². The Balaban J connectivity index is 2.09. The highest BCUT2D eigenvalue weighted by atomic mass is 79.9. The average Bonchev–Trinajstić information content (AvgIpc) is 2.81. The lowest BCUT2D eigenvalue weighted by molar-refractivity contribution is 0.590. The lowest BCUT2D eigenvalue weighted by atomic mass is 9.86. The molecule has 102 valence electrons. The van der Waals surface area contributed by atoms with Crippen LogP contribution >= 0.6 is 15.9 Å². The molecule has 1 aromatic heterocycles. The molecule has 3 rings (SSSR count). The molecule has 0 saturated heterocycles. The summed E-state index contributed by atoms with van der Waals surface area (Å²) in [6, 6.07) is 14.8. The SMILES string of the molecule is CC(C)(C)c1ccc(-c2coc3ccc(Br)cc23)cc1.